The van der Waals surface area contributed by atoms with E-state index in [1.54, 1.807) is 0 Å². The fraction of sp³-hybridized carbons (Fsp3) is 0.250. The number of aliphatic hydroxyl groups is 1. The van der Waals surface area contributed by atoms with Crippen LogP contribution in [-0.2, 0) is 12.4 Å². The van der Waals surface area contributed by atoms with Gasteiger partial charge in [-0.05, 0) is 36.5 Å². The minimum atomic E-state index is -5.14. The highest BCUT2D eigenvalue weighted by Crippen LogP contribution is 2.36. The summed E-state index contributed by atoms with van der Waals surface area (Å²) >= 11 is 4.76. The molecule has 1 aliphatic carbocycles. The number of alkyl halides is 6. The summed E-state index contributed by atoms with van der Waals surface area (Å²) in [7, 11) is 0. The van der Waals surface area contributed by atoms with Crippen LogP contribution in [0.1, 0.15) is 21.5 Å². The van der Waals surface area contributed by atoms with Crippen molar-refractivity contribution in [1.82, 2.24) is 10.6 Å². The number of halogens is 6. The number of aliphatic hydroxyl groups excluding tert-OH is 1. The molecule has 0 fully saturated rings. The summed E-state index contributed by atoms with van der Waals surface area (Å²) in [4.78, 5) is 22.1. The van der Waals surface area contributed by atoms with Gasteiger partial charge in [-0.15, -0.1) is 0 Å². The topological polar surface area (TPSA) is 104 Å². The smallest absolute Gasteiger partial charge is 0.387 e. The molecule has 7 nitrogen and oxygen atoms in total. The van der Waals surface area contributed by atoms with Crippen LogP contribution in [0, 0.1) is 10.1 Å². The summed E-state index contributed by atoms with van der Waals surface area (Å²) in [6.07, 6.45) is -8.54. The van der Waals surface area contributed by atoms with Gasteiger partial charge < -0.3 is 10.4 Å². The fourth-order valence-electron chi connectivity index (χ4n) is 2.35. The number of allylic oxidation sites excluding steroid dienone is 1. The molecule has 14 heteroatoms. The van der Waals surface area contributed by atoms with Gasteiger partial charge in [-0.1, -0.05) is 0 Å². The van der Waals surface area contributed by atoms with Gasteiger partial charge in [0.15, 0.2) is 5.11 Å². The third kappa shape index (κ3) is 5.76. The molecule has 0 saturated heterocycles. The minimum Gasteiger partial charge on any atom is -0.387 e. The van der Waals surface area contributed by atoms with Gasteiger partial charge in [0.25, 0.3) is 11.6 Å². The van der Waals surface area contributed by atoms with Gasteiger partial charge in [-0.2, -0.15) is 26.3 Å². The highest BCUT2D eigenvalue weighted by Gasteiger charge is 2.37. The molecule has 0 heterocycles. The van der Waals surface area contributed by atoms with Crippen LogP contribution in [0.3, 0.4) is 0 Å². The Bertz CT molecular complexity index is 910. The van der Waals surface area contributed by atoms with Crippen molar-refractivity contribution < 1.29 is 41.2 Å². The largest absolute Gasteiger partial charge is 0.416 e. The SMILES string of the molecule is O=C(NC(=S)NC1C=C([N+](=O)[O-])C=CC1O)c1cc(C(F)(F)F)cc(C(F)(F)F)c1. The minimum absolute atomic E-state index is 0.137. The Morgan fingerprint density at radius 3 is 2.10 bits per heavy atom. The summed E-state index contributed by atoms with van der Waals surface area (Å²) < 4.78 is 77.3. The molecule has 0 aromatic heterocycles. The molecule has 0 aliphatic heterocycles. The molecular formula is C16H11F6N3O4S. The molecule has 2 rings (SSSR count). The number of carbonyl (C=O) groups is 1. The summed E-state index contributed by atoms with van der Waals surface area (Å²) in [5.41, 5.74) is -4.74. The highest BCUT2D eigenvalue weighted by atomic mass is 32.1. The van der Waals surface area contributed by atoms with E-state index in [9.17, 15) is 46.4 Å². The number of nitrogens with one attached hydrogen (secondary N) is 2. The van der Waals surface area contributed by atoms with Crippen molar-refractivity contribution in [1.29, 1.82) is 0 Å². The Labute approximate surface area is 169 Å². The monoisotopic (exact) mass is 455 g/mol. The predicted octanol–water partition coefficient (Wildman–Crippen LogP) is 2.79. The van der Waals surface area contributed by atoms with Crippen molar-refractivity contribution in [2.45, 2.75) is 24.5 Å². The first kappa shape index (κ1) is 23.3. The number of carbonyl (C=O) groups excluding carboxylic acids is 1. The van der Waals surface area contributed by atoms with Crippen molar-refractivity contribution in [3.05, 3.63) is 68.9 Å². The van der Waals surface area contributed by atoms with E-state index in [0.29, 0.717) is 0 Å². The lowest BCUT2D eigenvalue weighted by Crippen LogP contribution is -2.48. The Balaban J connectivity index is 2.22. The Morgan fingerprint density at radius 2 is 1.63 bits per heavy atom. The lowest BCUT2D eigenvalue weighted by atomic mass is 10.0. The number of nitro groups is 1. The molecule has 30 heavy (non-hydrogen) atoms. The van der Waals surface area contributed by atoms with Crippen LogP contribution in [0.25, 0.3) is 0 Å². The molecule has 2 atom stereocenters. The molecule has 3 N–H and O–H groups in total. The maximum Gasteiger partial charge on any atom is 0.416 e. The summed E-state index contributed by atoms with van der Waals surface area (Å²) in [6.45, 7) is 0. The zero-order chi connectivity index (χ0) is 22.9. The van der Waals surface area contributed by atoms with Gasteiger partial charge in [-0.3, -0.25) is 20.2 Å². The zero-order valence-electron chi connectivity index (χ0n) is 14.4. The average molecular weight is 455 g/mol. The normalized spacial score (nSPS) is 19.1. The second-order valence-corrected chi connectivity index (χ2v) is 6.35. The van der Waals surface area contributed by atoms with E-state index >= 15 is 0 Å². The maximum atomic E-state index is 12.9. The Hall–Kier alpha value is -3.00. The maximum absolute atomic E-state index is 12.9. The van der Waals surface area contributed by atoms with E-state index in [1.165, 1.54) is 0 Å². The van der Waals surface area contributed by atoms with Crippen LogP contribution in [0.15, 0.2) is 42.1 Å². The molecule has 2 unspecified atom stereocenters. The zero-order valence-corrected chi connectivity index (χ0v) is 15.2. The van der Waals surface area contributed by atoms with Crippen LogP contribution in [0.5, 0.6) is 0 Å². The molecule has 1 amide bonds. The second-order valence-electron chi connectivity index (χ2n) is 5.95. The fourth-order valence-corrected chi connectivity index (χ4v) is 2.58. The lowest BCUT2D eigenvalue weighted by molar-refractivity contribution is -0.419. The van der Waals surface area contributed by atoms with Gasteiger partial charge in [0.2, 0.25) is 0 Å². The number of benzene rings is 1. The van der Waals surface area contributed by atoms with Crippen LogP contribution in [0.4, 0.5) is 26.3 Å². The number of nitrogens with zero attached hydrogens (tertiary/aromatic N) is 1. The number of rotatable bonds is 3. The van der Waals surface area contributed by atoms with Crippen molar-refractivity contribution in [3.8, 4) is 0 Å². The molecule has 0 saturated carbocycles. The molecule has 0 bridgehead atoms. The Kier molecular flexibility index (Phi) is 6.51. The number of hydrogen-bond donors (Lipinski definition) is 3. The lowest BCUT2D eigenvalue weighted by Gasteiger charge is -2.22. The van der Waals surface area contributed by atoms with Crippen molar-refractivity contribution >= 4 is 23.2 Å². The quantitative estimate of drug-likeness (QED) is 0.280. The van der Waals surface area contributed by atoms with Crippen LogP contribution < -0.4 is 10.6 Å². The third-order valence-electron chi connectivity index (χ3n) is 3.77. The number of hydrogen-bond acceptors (Lipinski definition) is 5. The second kappa shape index (κ2) is 8.39. The van der Waals surface area contributed by atoms with E-state index in [4.69, 9.17) is 12.2 Å². The summed E-state index contributed by atoms with van der Waals surface area (Å²) in [5.74, 6) is -1.39. The number of amides is 1. The molecule has 0 spiro atoms. The van der Waals surface area contributed by atoms with Crippen LogP contribution in [-0.4, -0.2) is 33.2 Å². The first-order valence-corrected chi connectivity index (χ1v) is 8.23. The first-order valence-electron chi connectivity index (χ1n) is 7.82. The van der Waals surface area contributed by atoms with Gasteiger partial charge >= 0.3 is 12.4 Å². The molecule has 1 aromatic carbocycles. The molecule has 162 valence electrons. The predicted molar refractivity (Wildman–Crippen MR) is 93.7 cm³/mol. The third-order valence-corrected chi connectivity index (χ3v) is 3.99. The van der Waals surface area contributed by atoms with Gasteiger partial charge in [0, 0.05) is 17.7 Å². The van der Waals surface area contributed by atoms with Crippen LogP contribution >= 0.6 is 12.2 Å². The Morgan fingerprint density at radius 1 is 1.10 bits per heavy atom. The van der Waals surface area contributed by atoms with Crippen molar-refractivity contribution in [2.24, 2.45) is 0 Å². The van der Waals surface area contributed by atoms with E-state index < -0.39 is 62.8 Å². The van der Waals surface area contributed by atoms with Crippen molar-refractivity contribution in [2.75, 3.05) is 0 Å². The van der Waals surface area contributed by atoms with Crippen molar-refractivity contribution in [3.63, 3.8) is 0 Å². The van der Waals surface area contributed by atoms with E-state index in [1.807, 2.05) is 5.32 Å². The molecule has 1 aliphatic rings. The standard InChI is InChI=1S/C16H11F6N3O4S/c17-15(18,19)8-3-7(4-9(5-8)16(20,21)22)13(27)24-14(30)23-11-6-10(25(28)29)1-2-12(11)26/h1-6,11-12,26H,(H2,23,24,27,30). The van der Waals surface area contributed by atoms with E-state index in [0.717, 1.165) is 18.2 Å². The summed E-state index contributed by atoms with van der Waals surface area (Å²) in [6, 6.07) is -0.871. The summed E-state index contributed by atoms with van der Waals surface area (Å²) in [5, 5.41) is 24.2. The first-order chi connectivity index (χ1) is 13.7. The highest BCUT2D eigenvalue weighted by molar-refractivity contribution is 7.80. The van der Waals surface area contributed by atoms with E-state index in [-0.39, 0.29) is 18.2 Å². The van der Waals surface area contributed by atoms with Gasteiger partial charge in [-0.25, -0.2) is 0 Å². The molecular weight excluding hydrogens is 444 g/mol. The molecule has 1 aromatic rings. The van der Waals surface area contributed by atoms with Gasteiger partial charge in [0.1, 0.15) is 0 Å². The van der Waals surface area contributed by atoms with Crippen LogP contribution in [0.2, 0.25) is 0 Å². The number of thiocarbonyl (C=S) groups is 1. The molecule has 0 radical (unpaired) electrons. The average Bonchev–Trinajstić information content (AvgIpc) is 2.61. The van der Waals surface area contributed by atoms with E-state index in [2.05, 4.69) is 5.32 Å². The van der Waals surface area contributed by atoms with Gasteiger partial charge in [0.05, 0.1) is 28.2 Å².